The van der Waals surface area contributed by atoms with Crippen LogP contribution in [-0.2, 0) is 16.0 Å². The zero-order valence-electron chi connectivity index (χ0n) is 19.6. The standard InChI is InChI=1S/C28H34N2O3/c1-33-27(31)18-20-4-6-21(7-5-20)22-8-10-23(11-9-22)24-12-13-26-25(19-24)14-17-30(26)28(32)29-15-2-3-16-29/h8-13,19-21H,2-7,14-18H2,1H3. The Bertz CT molecular complexity index is 1000. The molecule has 0 radical (unpaired) electrons. The number of hydrogen-bond acceptors (Lipinski definition) is 3. The van der Waals surface area contributed by atoms with Crippen molar-refractivity contribution in [3.8, 4) is 11.1 Å². The lowest BCUT2D eigenvalue weighted by atomic mass is 9.77. The highest BCUT2D eigenvalue weighted by atomic mass is 16.5. The Morgan fingerprint density at radius 3 is 2.30 bits per heavy atom. The summed E-state index contributed by atoms with van der Waals surface area (Å²) in [6.45, 7) is 2.57. The van der Waals surface area contributed by atoms with Crippen molar-refractivity contribution < 1.29 is 14.3 Å². The van der Waals surface area contributed by atoms with Gasteiger partial charge in [-0.25, -0.2) is 4.79 Å². The average molecular weight is 447 g/mol. The van der Waals surface area contributed by atoms with E-state index in [1.54, 1.807) is 0 Å². The number of methoxy groups -OCH3 is 1. The lowest BCUT2D eigenvalue weighted by molar-refractivity contribution is -0.142. The summed E-state index contributed by atoms with van der Waals surface area (Å²) in [4.78, 5) is 28.4. The predicted molar refractivity (Wildman–Crippen MR) is 130 cm³/mol. The zero-order valence-corrected chi connectivity index (χ0v) is 19.6. The fraction of sp³-hybridized carbons (Fsp3) is 0.500. The van der Waals surface area contributed by atoms with Gasteiger partial charge in [0.15, 0.2) is 0 Å². The summed E-state index contributed by atoms with van der Waals surface area (Å²) in [6, 6.07) is 15.7. The minimum Gasteiger partial charge on any atom is -0.469 e. The number of amides is 2. The van der Waals surface area contributed by atoms with Crippen molar-refractivity contribution in [3.05, 3.63) is 53.6 Å². The maximum atomic E-state index is 12.9. The van der Waals surface area contributed by atoms with Crippen LogP contribution in [0, 0.1) is 5.92 Å². The first-order valence-corrected chi connectivity index (χ1v) is 12.5. The number of rotatable bonds is 4. The Labute approximate surface area is 196 Å². The Kier molecular flexibility index (Phi) is 6.39. The molecule has 2 fully saturated rings. The van der Waals surface area contributed by atoms with Crippen LogP contribution in [-0.4, -0.2) is 43.6 Å². The van der Waals surface area contributed by atoms with Gasteiger partial charge >= 0.3 is 12.0 Å². The number of fused-ring (bicyclic) bond motifs is 1. The Morgan fingerprint density at radius 1 is 0.909 bits per heavy atom. The molecule has 5 heteroatoms. The molecule has 0 atom stereocenters. The number of benzene rings is 2. The van der Waals surface area contributed by atoms with Gasteiger partial charge < -0.3 is 9.64 Å². The van der Waals surface area contributed by atoms with Crippen LogP contribution in [0.25, 0.3) is 11.1 Å². The maximum absolute atomic E-state index is 12.9. The minimum atomic E-state index is -0.0827. The van der Waals surface area contributed by atoms with Crippen molar-refractivity contribution in [3.63, 3.8) is 0 Å². The summed E-state index contributed by atoms with van der Waals surface area (Å²) in [5, 5.41) is 0. The number of hydrogen-bond donors (Lipinski definition) is 0. The number of nitrogens with zero attached hydrogens (tertiary/aromatic N) is 2. The first-order valence-electron chi connectivity index (χ1n) is 12.5. The molecule has 2 aromatic carbocycles. The van der Waals surface area contributed by atoms with Crippen molar-refractivity contribution in [2.45, 2.75) is 57.3 Å². The summed E-state index contributed by atoms with van der Waals surface area (Å²) < 4.78 is 4.83. The number of anilines is 1. The molecule has 5 nitrogen and oxygen atoms in total. The molecule has 5 rings (SSSR count). The van der Waals surface area contributed by atoms with Gasteiger partial charge in [-0.3, -0.25) is 9.69 Å². The second-order valence-corrected chi connectivity index (χ2v) is 9.84. The molecule has 2 heterocycles. The van der Waals surface area contributed by atoms with Gasteiger partial charge in [0, 0.05) is 31.7 Å². The van der Waals surface area contributed by atoms with E-state index in [4.69, 9.17) is 4.74 Å². The fourth-order valence-corrected chi connectivity index (χ4v) is 5.83. The number of carbonyl (C=O) groups excluding carboxylic acids is 2. The van der Waals surface area contributed by atoms with Crippen molar-refractivity contribution >= 4 is 17.7 Å². The van der Waals surface area contributed by atoms with E-state index in [1.807, 2.05) is 9.80 Å². The van der Waals surface area contributed by atoms with E-state index in [1.165, 1.54) is 29.4 Å². The van der Waals surface area contributed by atoms with Gasteiger partial charge in [0.25, 0.3) is 0 Å². The first-order chi connectivity index (χ1) is 16.1. The summed E-state index contributed by atoms with van der Waals surface area (Å²) >= 11 is 0. The van der Waals surface area contributed by atoms with Gasteiger partial charge in [-0.05, 0) is 91.2 Å². The van der Waals surface area contributed by atoms with E-state index < -0.39 is 0 Å². The zero-order chi connectivity index (χ0) is 22.8. The molecule has 2 amide bonds. The van der Waals surface area contributed by atoms with Crippen molar-refractivity contribution in [2.75, 3.05) is 31.6 Å². The molecule has 3 aliphatic rings. The molecule has 0 unspecified atom stereocenters. The van der Waals surface area contributed by atoms with Crippen molar-refractivity contribution in [2.24, 2.45) is 5.92 Å². The smallest absolute Gasteiger partial charge is 0.324 e. The van der Waals surface area contributed by atoms with Crippen LogP contribution in [0.15, 0.2) is 42.5 Å². The number of urea groups is 1. The molecular formula is C28H34N2O3. The summed E-state index contributed by atoms with van der Waals surface area (Å²) in [5.74, 6) is 0.968. The number of carbonyl (C=O) groups is 2. The molecule has 2 aromatic rings. The third kappa shape index (κ3) is 4.64. The monoisotopic (exact) mass is 446 g/mol. The van der Waals surface area contributed by atoms with Gasteiger partial charge in [-0.2, -0.15) is 0 Å². The summed E-state index contributed by atoms with van der Waals surface area (Å²) in [5.41, 5.74) is 6.20. The van der Waals surface area contributed by atoms with Gasteiger partial charge in [0.2, 0.25) is 0 Å². The molecule has 0 aromatic heterocycles. The molecular weight excluding hydrogens is 412 g/mol. The lowest BCUT2D eigenvalue weighted by Gasteiger charge is -2.28. The van der Waals surface area contributed by atoms with Crippen LogP contribution in [0.4, 0.5) is 10.5 Å². The molecule has 2 aliphatic heterocycles. The number of likely N-dealkylation sites (tertiary alicyclic amines) is 1. The van der Waals surface area contributed by atoms with Gasteiger partial charge in [0.05, 0.1) is 7.11 Å². The SMILES string of the molecule is COC(=O)CC1CCC(c2ccc(-c3ccc4c(c3)CCN4C(=O)N3CCCC3)cc2)CC1. The molecule has 33 heavy (non-hydrogen) atoms. The Hall–Kier alpha value is -2.82. The molecule has 1 saturated heterocycles. The summed E-state index contributed by atoms with van der Waals surface area (Å²) in [6.07, 6.45) is 8.20. The molecule has 0 spiro atoms. The van der Waals surface area contributed by atoms with Crippen LogP contribution in [0.2, 0.25) is 0 Å². The van der Waals surface area contributed by atoms with E-state index >= 15 is 0 Å². The maximum Gasteiger partial charge on any atom is 0.324 e. The van der Waals surface area contributed by atoms with Gasteiger partial charge in [-0.1, -0.05) is 30.3 Å². The highest BCUT2D eigenvalue weighted by molar-refractivity contribution is 5.95. The Morgan fingerprint density at radius 2 is 1.61 bits per heavy atom. The second-order valence-electron chi connectivity index (χ2n) is 9.84. The lowest BCUT2D eigenvalue weighted by Crippen LogP contribution is -2.40. The third-order valence-electron chi connectivity index (χ3n) is 7.83. The molecule has 1 saturated carbocycles. The van der Waals surface area contributed by atoms with Crippen molar-refractivity contribution in [1.82, 2.24) is 4.90 Å². The average Bonchev–Trinajstić information content (AvgIpc) is 3.54. The molecule has 0 bridgehead atoms. The van der Waals surface area contributed by atoms with Crippen LogP contribution in [0.5, 0.6) is 0 Å². The summed E-state index contributed by atoms with van der Waals surface area (Å²) in [7, 11) is 1.47. The number of esters is 1. The minimum absolute atomic E-state index is 0.0827. The van der Waals surface area contributed by atoms with Crippen LogP contribution < -0.4 is 4.90 Å². The van der Waals surface area contributed by atoms with E-state index in [2.05, 4.69) is 42.5 Å². The second kappa shape index (κ2) is 9.58. The normalized spacial score (nSPS) is 22.3. The predicted octanol–water partition coefficient (Wildman–Crippen LogP) is 5.77. The van der Waals surface area contributed by atoms with Crippen LogP contribution in [0.1, 0.15) is 62.0 Å². The topological polar surface area (TPSA) is 49.9 Å². The van der Waals surface area contributed by atoms with E-state index in [9.17, 15) is 9.59 Å². The van der Waals surface area contributed by atoms with E-state index in [-0.39, 0.29) is 12.0 Å². The van der Waals surface area contributed by atoms with Crippen molar-refractivity contribution in [1.29, 1.82) is 0 Å². The van der Waals surface area contributed by atoms with Crippen LogP contribution in [0.3, 0.4) is 0 Å². The molecule has 0 N–H and O–H groups in total. The first kappa shape index (κ1) is 22.0. The van der Waals surface area contributed by atoms with Gasteiger partial charge in [-0.15, -0.1) is 0 Å². The highest BCUT2D eigenvalue weighted by Gasteiger charge is 2.30. The Balaban J connectivity index is 1.23. The molecule has 174 valence electrons. The largest absolute Gasteiger partial charge is 0.469 e. The third-order valence-corrected chi connectivity index (χ3v) is 7.83. The molecule has 1 aliphatic carbocycles. The van der Waals surface area contributed by atoms with E-state index in [0.29, 0.717) is 18.3 Å². The highest BCUT2D eigenvalue weighted by Crippen LogP contribution is 2.38. The quantitative estimate of drug-likeness (QED) is 0.560. The van der Waals surface area contributed by atoms with E-state index in [0.717, 1.165) is 70.3 Å². The number of ether oxygens (including phenoxy) is 1. The fourth-order valence-electron chi connectivity index (χ4n) is 5.83. The van der Waals surface area contributed by atoms with Crippen LogP contribution >= 0.6 is 0 Å². The van der Waals surface area contributed by atoms with Gasteiger partial charge in [0.1, 0.15) is 0 Å².